The number of halogens is 2. The average Bonchev–Trinajstić information content (AvgIpc) is 2.35. The van der Waals surface area contributed by atoms with Crippen LogP contribution in [0.1, 0.15) is 64.7 Å². The molecular formula is C16H27F2NO2S. The molecule has 4 fully saturated rings. The van der Waals surface area contributed by atoms with Gasteiger partial charge in [0.15, 0.2) is 0 Å². The number of sulfonamides is 1. The molecule has 6 heteroatoms. The van der Waals surface area contributed by atoms with Crippen molar-refractivity contribution in [1.29, 1.82) is 0 Å². The molecule has 4 aliphatic carbocycles. The minimum Gasteiger partial charge on any atom is -0.210 e. The lowest BCUT2D eigenvalue weighted by Gasteiger charge is -2.57. The van der Waals surface area contributed by atoms with E-state index < -0.39 is 27.1 Å². The maximum atomic E-state index is 14.5. The van der Waals surface area contributed by atoms with Gasteiger partial charge in [0.1, 0.15) is 0 Å². The Morgan fingerprint density at radius 3 is 2.05 bits per heavy atom. The summed E-state index contributed by atoms with van der Waals surface area (Å²) in [5.74, 6) is 1.66. The van der Waals surface area contributed by atoms with Crippen molar-refractivity contribution >= 4 is 10.0 Å². The van der Waals surface area contributed by atoms with Crippen molar-refractivity contribution in [3.63, 3.8) is 0 Å². The Morgan fingerprint density at radius 1 is 1.09 bits per heavy atom. The number of nitrogens with one attached hydrogen (secondary N) is 1. The highest BCUT2D eigenvalue weighted by atomic mass is 32.2. The van der Waals surface area contributed by atoms with E-state index in [0.717, 1.165) is 25.7 Å². The first-order valence-electron chi connectivity index (χ1n) is 8.62. The fourth-order valence-corrected chi connectivity index (χ4v) is 6.65. The second kappa shape index (κ2) is 5.69. The molecule has 22 heavy (non-hydrogen) atoms. The van der Waals surface area contributed by atoms with Crippen LogP contribution in [0.15, 0.2) is 0 Å². The topological polar surface area (TPSA) is 46.2 Å². The van der Waals surface area contributed by atoms with Crippen molar-refractivity contribution in [1.82, 2.24) is 4.72 Å². The van der Waals surface area contributed by atoms with Crippen LogP contribution in [-0.2, 0) is 10.0 Å². The molecule has 0 amide bonds. The third-order valence-electron chi connectivity index (χ3n) is 5.96. The lowest BCUT2D eigenvalue weighted by atomic mass is 9.49. The molecule has 4 bridgehead atoms. The van der Waals surface area contributed by atoms with Crippen LogP contribution in [-0.4, -0.2) is 20.2 Å². The maximum absolute atomic E-state index is 14.5. The number of rotatable bonds is 7. The molecule has 0 aliphatic heterocycles. The van der Waals surface area contributed by atoms with Crippen LogP contribution in [0.5, 0.6) is 0 Å². The second-order valence-electron chi connectivity index (χ2n) is 7.98. The zero-order chi connectivity index (χ0) is 16.0. The standard InChI is InChI=1S/C16H27F2NO2S/c1-2-3-4-19-22(20,21)16(17,18)11-15-8-12-5-13(9-15)7-14(6-12)10-15/h12-14,19H,2-11H2,1H3. The molecule has 128 valence electrons. The first-order chi connectivity index (χ1) is 10.3. The Kier molecular flexibility index (Phi) is 4.30. The van der Waals surface area contributed by atoms with Gasteiger partial charge in [0, 0.05) is 13.0 Å². The van der Waals surface area contributed by atoms with Gasteiger partial charge in [-0.3, -0.25) is 0 Å². The molecule has 0 heterocycles. The van der Waals surface area contributed by atoms with Gasteiger partial charge >= 0.3 is 5.25 Å². The van der Waals surface area contributed by atoms with Gasteiger partial charge in [-0.25, -0.2) is 13.1 Å². The first-order valence-corrected chi connectivity index (χ1v) is 10.1. The minimum absolute atomic E-state index is 0.106. The van der Waals surface area contributed by atoms with Crippen molar-refractivity contribution in [3.8, 4) is 0 Å². The van der Waals surface area contributed by atoms with E-state index >= 15 is 0 Å². The predicted molar refractivity (Wildman–Crippen MR) is 82.0 cm³/mol. The predicted octanol–water partition coefficient (Wildman–Crippen LogP) is 3.91. The van der Waals surface area contributed by atoms with Gasteiger partial charge in [0.05, 0.1) is 0 Å². The van der Waals surface area contributed by atoms with Gasteiger partial charge < -0.3 is 0 Å². The molecule has 0 aromatic heterocycles. The fourth-order valence-electron chi connectivity index (χ4n) is 5.53. The summed E-state index contributed by atoms with van der Waals surface area (Å²) in [6.45, 7) is 2.01. The van der Waals surface area contributed by atoms with Crippen LogP contribution in [0, 0.1) is 23.2 Å². The largest absolute Gasteiger partial charge is 0.359 e. The van der Waals surface area contributed by atoms with Gasteiger partial charge in [-0.1, -0.05) is 13.3 Å². The zero-order valence-corrected chi connectivity index (χ0v) is 14.1. The maximum Gasteiger partial charge on any atom is 0.359 e. The highest BCUT2D eigenvalue weighted by molar-refractivity contribution is 7.90. The summed E-state index contributed by atoms with van der Waals surface area (Å²) in [6, 6.07) is 0. The summed E-state index contributed by atoms with van der Waals surface area (Å²) in [5.41, 5.74) is -0.433. The zero-order valence-electron chi connectivity index (χ0n) is 13.3. The van der Waals surface area contributed by atoms with Crippen LogP contribution >= 0.6 is 0 Å². The van der Waals surface area contributed by atoms with E-state index in [1.54, 1.807) is 0 Å². The van der Waals surface area contributed by atoms with Crippen molar-refractivity contribution < 1.29 is 17.2 Å². The van der Waals surface area contributed by atoms with Gasteiger partial charge in [-0.15, -0.1) is 0 Å². The average molecular weight is 335 g/mol. The number of unbranched alkanes of at least 4 members (excludes halogenated alkanes) is 1. The van der Waals surface area contributed by atoms with E-state index in [1.807, 2.05) is 6.92 Å². The van der Waals surface area contributed by atoms with Gasteiger partial charge in [0.2, 0.25) is 0 Å². The Balaban J connectivity index is 1.71. The minimum atomic E-state index is -4.56. The Bertz CT molecular complexity index is 483. The molecule has 0 aromatic rings. The van der Waals surface area contributed by atoms with E-state index in [2.05, 4.69) is 4.72 Å². The van der Waals surface area contributed by atoms with Crippen molar-refractivity contribution in [3.05, 3.63) is 0 Å². The third-order valence-corrected chi connectivity index (χ3v) is 7.48. The molecule has 4 saturated carbocycles. The molecule has 4 aliphatic rings. The Labute approximate surface area is 132 Å². The summed E-state index contributed by atoms with van der Waals surface area (Å²) >= 11 is 0. The molecule has 0 spiro atoms. The molecular weight excluding hydrogens is 308 g/mol. The van der Waals surface area contributed by atoms with E-state index in [4.69, 9.17) is 0 Å². The molecule has 0 saturated heterocycles. The monoisotopic (exact) mass is 335 g/mol. The van der Waals surface area contributed by atoms with E-state index in [9.17, 15) is 17.2 Å². The first kappa shape index (κ1) is 16.6. The molecule has 0 atom stereocenters. The molecule has 0 unspecified atom stereocenters. The van der Waals surface area contributed by atoms with Crippen molar-refractivity contribution in [2.75, 3.05) is 6.54 Å². The van der Waals surface area contributed by atoms with E-state index in [1.165, 1.54) is 19.3 Å². The highest BCUT2D eigenvalue weighted by Gasteiger charge is 2.57. The normalized spacial score (nSPS) is 37.7. The molecule has 3 nitrogen and oxygen atoms in total. The van der Waals surface area contributed by atoms with Crippen LogP contribution in [0.25, 0.3) is 0 Å². The lowest BCUT2D eigenvalue weighted by molar-refractivity contribution is -0.0919. The van der Waals surface area contributed by atoms with Crippen molar-refractivity contribution in [2.45, 2.75) is 70.0 Å². The summed E-state index contributed by atoms with van der Waals surface area (Å²) in [6.07, 6.45) is 6.82. The third kappa shape index (κ3) is 3.05. The van der Waals surface area contributed by atoms with E-state index in [0.29, 0.717) is 24.2 Å². The molecule has 0 radical (unpaired) electrons. The van der Waals surface area contributed by atoms with Gasteiger partial charge in [0.25, 0.3) is 10.0 Å². The lowest BCUT2D eigenvalue weighted by Crippen LogP contribution is -2.51. The Hall–Kier alpha value is -0.230. The SMILES string of the molecule is CCCCNS(=O)(=O)C(F)(F)CC12CC3CC(CC(C3)C1)C2. The van der Waals surface area contributed by atoms with Crippen molar-refractivity contribution in [2.24, 2.45) is 23.2 Å². The number of hydrogen-bond acceptors (Lipinski definition) is 2. The molecule has 4 rings (SSSR count). The summed E-state index contributed by atoms with van der Waals surface area (Å²) < 4.78 is 55.1. The quantitative estimate of drug-likeness (QED) is 0.717. The summed E-state index contributed by atoms with van der Waals surface area (Å²) in [4.78, 5) is 0. The summed E-state index contributed by atoms with van der Waals surface area (Å²) in [5, 5.41) is -3.65. The molecule has 0 aromatic carbocycles. The van der Waals surface area contributed by atoms with E-state index in [-0.39, 0.29) is 6.54 Å². The number of hydrogen-bond donors (Lipinski definition) is 1. The van der Waals surface area contributed by atoms with Crippen LogP contribution in [0.3, 0.4) is 0 Å². The fraction of sp³-hybridized carbons (Fsp3) is 1.00. The molecule has 1 N–H and O–H groups in total. The van der Waals surface area contributed by atoms with Gasteiger partial charge in [-0.05, 0) is 68.1 Å². The van der Waals surface area contributed by atoms with Crippen LogP contribution < -0.4 is 4.72 Å². The Morgan fingerprint density at radius 2 is 1.59 bits per heavy atom. The van der Waals surface area contributed by atoms with Crippen LogP contribution in [0.4, 0.5) is 8.78 Å². The highest BCUT2D eigenvalue weighted by Crippen LogP contribution is 2.63. The summed E-state index contributed by atoms with van der Waals surface area (Å²) in [7, 11) is -4.56. The van der Waals surface area contributed by atoms with Gasteiger partial charge in [-0.2, -0.15) is 8.78 Å². The number of alkyl halides is 2. The second-order valence-corrected chi connectivity index (χ2v) is 9.88. The van der Waals surface area contributed by atoms with Crippen LogP contribution in [0.2, 0.25) is 0 Å². The smallest absolute Gasteiger partial charge is 0.210 e.